The van der Waals surface area contributed by atoms with E-state index in [1.54, 1.807) is 19.2 Å². The van der Waals surface area contributed by atoms with Gasteiger partial charge in [0, 0.05) is 18.2 Å². The third-order valence-electron chi connectivity index (χ3n) is 4.45. The minimum atomic E-state index is -0.568. The molecule has 5 nitrogen and oxygen atoms in total. The summed E-state index contributed by atoms with van der Waals surface area (Å²) in [4.78, 5) is 27.3. The quantitative estimate of drug-likeness (QED) is 0.835. The average molecular weight is 353 g/mol. The maximum Gasteiger partial charge on any atom is 0.339 e. The lowest BCUT2D eigenvalue weighted by Gasteiger charge is -2.11. The van der Waals surface area contributed by atoms with Crippen LogP contribution >= 0.6 is 0 Å². The molecule has 1 saturated heterocycles. The molecule has 0 aliphatic carbocycles. The number of aromatic nitrogens is 1. The Bertz CT molecular complexity index is 872. The van der Waals surface area contributed by atoms with Crippen LogP contribution in [0.25, 0.3) is 5.57 Å². The lowest BCUT2D eigenvalue weighted by atomic mass is 9.89. The van der Waals surface area contributed by atoms with Crippen molar-refractivity contribution in [3.63, 3.8) is 0 Å². The monoisotopic (exact) mass is 353 g/mol. The third-order valence-corrected chi connectivity index (χ3v) is 4.45. The second kappa shape index (κ2) is 6.83. The van der Waals surface area contributed by atoms with Gasteiger partial charge < -0.3 is 14.5 Å². The van der Waals surface area contributed by atoms with Gasteiger partial charge in [0.15, 0.2) is 0 Å². The van der Waals surface area contributed by atoms with Crippen molar-refractivity contribution in [2.75, 3.05) is 6.61 Å². The molecule has 1 aliphatic rings. The molecule has 5 heteroatoms. The van der Waals surface area contributed by atoms with Crippen molar-refractivity contribution in [2.24, 2.45) is 5.41 Å². The SMILES string of the molecule is CCOC(=O)c1c[nH]c(/C(=C2\CC(C)(C)C(=O)O2)c2ccc(C)cc2)c1. The van der Waals surface area contributed by atoms with Crippen LogP contribution in [0, 0.1) is 12.3 Å². The highest BCUT2D eigenvalue weighted by atomic mass is 16.5. The van der Waals surface area contributed by atoms with Crippen LogP contribution in [0.4, 0.5) is 0 Å². The number of aromatic amines is 1. The van der Waals surface area contributed by atoms with Crippen molar-refractivity contribution >= 4 is 17.5 Å². The van der Waals surface area contributed by atoms with Crippen LogP contribution in [0.5, 0.6) is 0 Å². The third kappa shape index (κ3) is 3.43. The van der Waals surface area contributed by atoms with E-state index in [2.05, 4.69) is 4.98 Å². The predicted octanol–water partition coefficient (Wildman–Crippen LogP) is 4.23. The molecular formula is C21H23NO4. The first-order valence-corrected chi connectivity index (χ1v) is 8.70. The summed E-state index contributed by atoms with van der Waals surface area (Å²) in [6.45, 7) is 7.84. The topological polar surface area (TPSA) is 68.4 Å². The highest BCUT2D eigenvalue weighted by molar-refractivity contribution is 5.92. The molecule has 1 aromatic carbocycles. The molecule has 0 bridgehead atoms. The van der Waals surface area contributed by atoms with Crippen LogP contribution in [0.3, 0.4) is 0 Å². The fourth-order valence-electron chi connectivity index (χ4n) is 2.96. The Labute approximate surface area is 153 Å². The zero-order valence-corrected chi connectivity index (χ0v) is 15.5. The van der Waals surface area contributed by atoms with Crippen LogP contribution in [0.1, 0.15) is 54.4 Å². The van der Waals surface area contributed by atoms with E-state index in [0.717, 1.165) is 22.4 Å². The van der Waals surface area contributed by atoms with E-state index in [1.807, 2.05) is 45.0 Å². The standard InChI is InChI=1S/C21H23NO4/c1-5-25-19(23)15-10-16(22-12-15)18(14-8-6-13(2)7-9-14)17-11-21(3,4)20(24)26-17/h6-10,12,22H,5,11H2,1-4H3/b18-17+. The lowest BCUT2D eigenvalue weighted by molar-refractivity contribution is -0.142. The average Bonchev–Trinajstić information content (AvgIpc) is 3.15. The fraction of sp³-hybridized carbons (Fsp3) is 0.333. The number of nitrogens with one attached hydrogen (secondary N) is 1. The van der Waals surface area contributed by atoms with E-state index in [4.69, 9.17) is 9.47 Å². The van der Waals surface area contributed by atoms with Gasteiger partial charge in [-0.25, -0.2) is 4.79 Å². The summed E-state index contributed by atoms with van der Waals surface area (Å²) >= 11 is 0. The van der Waals surface area contributed by atoms with Gasteiger partial charge in [0.25, 0.3) is 0 Å². The molecule has 1 aliphatic heterocycles. The van der Waals surface area contributed by atoms with Gasteiger partial charge in [-0.05, 0) is 39.3 Å². The molecule has 1 N–H and O–H groups in total. The van der Waals surface area contributed by atoms with E-state index < -0.39 is 5.41 Å². The summed E-state index contributed by atoms with van der Waals surface area (Å²) in [5.41, 5.74) is 3.45. The number of H-pyrrole nitrogens is 1. The Morgan fingerprint density at radius 3 is 2.50 bits per heavy atom. The van der Waals surface area contributed by atoms with Gasteiger partial charge in [-0.2, -0.15) is 0 Å². The molecule has 3 rings (SSSR count). The maximum atomic E-state index is 12.2. The number of benzene rings is 1. The second-order valence-electron chi connectivity index (χ2n) is 7.14. The summed E-state index contributed by atoms with van der Waals surface area (Å²) < 4.78 is 10.7. The minimum Gasteiger partial charge on any atom is -0.462 e. The number of hydrogen-bond donors (Lipinski definition) is 1. The van der Waals surface area contributed by atoms with Crippen LogP contribution in [-0.4, -0.2) is 23.5 Å². The maximum absolute atomic E-state index is 12.2. The number of cyclic esters (lactones) is 1. The van der Waals surface area contributed by atoms with Crippen molar-refractivity contribution in [1.82, 2.24) is 4.98 Å². The van der Waals surface area contributed by atoms with Gasteiger partial charge in [0.05, 0.1) is 23.3 Å². The zero-order chi connectivity index (χ0) is 18.9. The Morgan fingerprint density at radius 2 is 1.92 bits per heavy atom. The first-order chi connectivity index (χ1) is 12.3. The number of rotatable bonds is 4. The zero-order valence-electron chi connectivity index (χ0n) is 15.5. The smallest absolute Gasteiger partial charge is 0.339 e. The normalized spacial score (nSPS) is 17.8. The number of esters is 2. The molecule has 0 amide bonds. The Morgan fingerprint density at radius 1 is 1.23 bits per heavy atom. The van der Waals surface area contributed by atoms with Gasteiger partial charge in [0.2, 0.25) is 0 Å². The van der Waals surface area contributed by atoms with Gasteiger partial charge in [-0.15, -0.1) is 0 Å². The highest BCUT2D eigenvalue weighted by Gasteiger charge is 2.40. The molecule has 1 fully saturated rings. The minimum absolute atomic E-state index is 0.241. The number of carbonyl (C=O) groups excluding carboxylic acids is 2. The number of ether oxygens (including phenoxy) is 2. The summed E-state index contributed by atoms with van der Waals surface area (Å²) in [7, 11) is 0. The summed E-state index contributed by atoms with van der Waals surface area (Å²) in [6.07, 6.45) is 2.12. The first-order valence-electron chi connectivity index (χ1n) is 8.70. The van der Waals surface area contributed by atoms with Gasteiger partial charge >= 0.3 is 11.9 Å². The summed E-state index contributed by atoms with van der Waals surface area (Å²) in [5.74, 6) is -0.0117. The van der Waals surface area contributed by atoms with Gasteiger partial charge in [-0.1, -0.05) is 29.8 Å². The lowest BCUT2D eigenvalue weighted by Crippen LogP contribution is -2.16. The molecule has 0 saturated carbocycles. The molecule has 0 atom stereocenters. The van der Waals surface area contributed by atoms with E-state index in [9.17, 15) is 9.59 Å². The van der Waals surface area contributed by atoms with Gasteiger partial charge in [-0.3, -0.25) is 4.79 Å². The van der Waals surface area contributed by atoms with Crippen molar-refractivity contribution < 1.29 is 19.1 Å². The van der Waals surface area contributed by atoms with Gasteiger partial charge in [0.1, 0.15) is 5.76 Å². The molecular weight excluding hydrogens is 330 g/mol. The summed E-state index contributed by atoms with van der Waals surface area (Å²) in [6, 6.07) is 9.72. The molecule has 136 valence electrons. The molecule has 2 heterocycles. The van der Waals surface area contributed by atoms with Crippen LogP contribution in [-0.2, 0) is 14.3 Å². The fourth-order valence-corrected chi connectivity index (χ4v) is 2.96. The van der Waals surface area contributed by atoms with Crippen molar-refractivity contribution in [3.05, 3.63) is 64.7 Å². The molecule has 0 radical (unpaired) electrons. The molecule has 1 aromatic heterocycles. The summed E-state index contributed by atoms with van der Waals surface area (Å²) in [5, 5.41) is 0. The van der Waals surface area contributed by atoms with E-state index in [1.165, 1.54) is 0 Å². The first kappa shape index (κ1) is 18.0. The Hall–Kier alpha value is -2.82. The molecule has 2 aromatic rings. The van der Waals surface area contributed by atoms with E-state index in [0.29, 0.717) is 24.4 Å². The number of carbonyl (C=O) groups is 2. The van der Waals surface area contributed by atoms with Crippen LogP contribution in [0.15, 0.2) is 42.3 Å². The van der Waals surface area contributed by atoms with Crippen molar-refractivity contribution in [2.45, 2.75) is 34.1 Å². The van der Waals surface area contributed by atoms with E-state index in [-0.39, 0.29) is 11.9 Å². The van der Waals surface area contributed by atoms with Crippen molar-refractivity contribution in [3.8, 4) is 0 Å². The largest absolute Gasteiger partial charge is 0.462 e. The highest BCUT2D eigenvalue weighted by Crippen LogP contribution is 2.41. The predicted molar refractivity (Wildman–Crippen MR) is 98.4 cm³/mol. The van der Waals surface area contributed by atoms with Crippen LogP contribution in [0.2, 0.25) is 0 Å². The Balaban J connectivity index is 2.09. The number of hydrogen-bond acceptors (Lipinski definition) is 4. The number of aryl methyl sites for hydroxylation is 1. The van der Waals surface area contributed by atoms with E-state index >= 15 is 0 Å². The molecule has 0 unspecified atom stereocenters. The Kier molecular flexibility index (Phi) is 4.72. The van der Waals surface area contributed by atoms with Crippen LogP contribution < -0.4 is 0 Å². The number of allylic oxidation sites excluding steroid dienone is 1. The molecule has 26 heavy (non-hydrogen) atoms. The second-order valence-corrected chi connectivity index (χ2v) is 7.14. The molecule has 0 spiro atoms. The van der Waals surface area contributed by atoms with Crippen molar-refractivity contribution in [1.29, 1.82) is 0 Å².